The summed E-state index contributed by atoms with van der Waals surface area (Å²) < 4.78 is 0. The minimum atomic E-state index is -1.22. The molecule has 0 aromatic carbocycles. The van der Waals surface area contributed by atoms with Gasteiger partial charge in [0.15, 0.2) is 0 Å². The van der Waals surface area contributed by atoms with Crippen molar-refractivity contribution in [3.05, 3.63) is 52.2 Å². The van der Waals surface area contributed by atoms with Crippen LogP contribution in [0.2, 0.25) is 0 Å². The van der Waals surface area contributed by atoms with E-state index in [0.29, 0.717) is 6.42 Å². The van der Waals surface area contributed by atoms with E-state index >= 15 is 0 Å². The summed E-state index contributed by atoms with van der Waals surface area (Å²) in [7, 11) is 0. The third-order valence-electron chi connectivity index (χ3n) is 2.84. The Bertz CT molecular complexity index is 647. The van der Waals surface area contributed by atoms with Crippen LogP contribution in [0.15, 0.2) is 35.4 Å². The van der Waals surface area contributed by atoms with Crippen LogP contribution in [0.1, 0.15) is 29.4 Å². The average molecular weight is 258 g/mol. The molecule has 98 valence electrons. The number of aromatic nitrogens is 2. The number of rotatable bonds is 4. The largest absolute Gasteiger partial charge is 0.477 e. The van der Waals surface area contributed by atoms with Crippen LogP contribution in [-0.2, 0) is 6.42 Å². The van der Waals surface area contributed by atoms with Crippen molar-refractivity contribution in [3.8, 4) is 11.1 Å². The number of aryl methyl sites for hydroxylation is 1. The number of carboxylic acids is 1. The third kappa shape index (κ3) is 2.70. The summed E-state index contributed by atoms with van der Waals surface area (Å²) in [5.41, 5.74) is 1.53. The predicted molar refractivity (Wildman–Crippen MR) is 71.2 cm³/mol. The molecule has 0 bridgehead atoms. The molecule has 0 fully saturated rings. The van der Waals surface area contributed by atoms with Crippen LogP contribution in [0.25, 0.3) is 11.1 Å². The lowest BCUT2D eigenvalue weighted by Gasteiger charge is -2.09. The SMILES string of the molecule is CCCc1[nH]c(=O)c(C(=O)O)cc1-c1ccncc1. The van der Waals surface area contributed by atoms with Crippen molar-refractivity contribution in [2.45, 2.75) is 19.8 Å². The van der Waals surface area contributed by atoms with Crippen molar-refractivity contribution in [3.63, 3.8) is 0 Å². The molecular weight excluding hydrogens is 244 g/mol. The normalized spacial score (nSPS) is 10.4. The first kappa shape index (κ1) is 13.0. The fourth-order valence-corrected chi connectivity index (χ4v) is 1.96. The number of nitrogens with one attached hydrogen (secondary N) is 1. The maximum absolute atomic E-state index is 11.7. The van der Waals surface area contributed by atoms with Gasteiger partial charge in [-0.25, -0.2) is 4.79 Å². The van der Waals surface area contributed by atoms with E-state index in [1.165, 1.54) is 6.07 Å². The molecule has 0 aliphatic carbocycles. The molecule has 0 radical (unpaired) electrons. The Balaban J connectivity index is 2.66. The van der Waals surface area contributed by atoms with Gasteiger partial charge < -0.3 is 10.1 Å². The molecule has 5 heteroatoms. The molecule has 2 heterocycles. The highest BCUT2D eigenvalue weighted by Gasteiger charge is 2.14. The highest BCUT2D eigenvalue weighted by Crippen LogP contribution is 2.22. The van der Waals surface area contributed by atoms with Crippen LogP contribution < -0.4 is 5.56 Å². The molecule has 0 aliphatic rings. The number of aromatic amines is 1. The van der Waals surface area contributed by atoms with Gasteiger partial charge in [-0.3, -0.25) is 9.78 Å². The Morgan fingerprint density at radius 1 is 1.37 bits per heavy atom. The van der Waals surface area contributed by atoms with E-state index in [1.807, 2.05) is 6.92 Å². The van der Waals surface area contributed by atoms with Crippen LogP contribution in [0, 0.1) is 0 Å². The summed E-state index contributed by atoms with van der Waals surface area (Å²) in [5, 5.41) is 9.03. The molecule has 0 aliphatic heterocycles. The number of pyridine rings is 2. The Labute approximate surface area is 110 Å². The zero-order chi connectivity index (χ0) is 13.8. The third-order valence-corrected chi connectivity index (χ3v) is 2.84. The molecule has 0 saturated carbocycles. The second-order valence-electron chi connectivity index (χ2n) is 4.20. The summed E-state index contributed by atoms with van der Waals surface area (Å²) in [6.07, 6.45) is 4.82. The van der Waals surface area contributed by atoms with Crippen molar-refractivity contribution in [1.82, 2.24) is 9.97 Å². The van der Waals surface area contributed by atoms with Crippen molar-refractivity contribution >= 4 is 5.97 Å². The highest BCUT2D eigenvalue weighted by molar-refractivity contribution is 5.89. The zero-order valence-electron chi connectivity index (χ0n) is 10.5. The summed E-state index contributed by atoms with van der Waals surface area (Å²) >= 11 is 0. The molecule has 0 saturated heterocycles. The lowest BCUT2D eigenvalue weighted by atomic mass is 10.0. The predicted octanol–water partition coefficient (Wildman–Crippen LogP) is 2.09. The minimum absolute atomic E-state index is 0.244. The van der Waals surface area contributed by atoms with Crippen molar-refractivity contribution in [1.29, 1.82) is 0 Å². The summed E-state index contributed by atoms with van der Waals surface area (Å²) in [4.78, 5) is 29.3. The Hall–Kier alpha value is -2.43. The fourth-order valence-electron chi connectivity index (χ4n) is 1.96. The molecule has 19 heavy (non-hydrogen) atoms. The van der Waals surface area contributed by atoms with Gasteiger partial charge >= 0.3 is 5.97 Å². The maximum Gasteiger partial charge on any atom is 0.341 e. The average Bonchev–Trinajstić information content (AvgIpc) is 2.40. The first-order valence-electron chi connectivity index (χ1n) is 6.03. The number of aromatic carboxylic acids is 1. The quantitative estimate of drug-likeness (QED) is 0.879. The van der Waals surface area contributed by atoms with Crippen LogP contribution in [-0.4, -0.2) is 21.0 Å². The number of carboxylic acid groups (broad SMARTS) is 1. The van der Waals surface area contributed by atoms with E-state index in [4.69, 9.17) is 5.11 Å². The van der Waals surface area contributed by atoms with Crippen LogP contribution in [0.3, 0.4) is 0 Å². The second kappa shape index (κ2) is 5.48. The van der Waals surface area contributed by atoms with Crippen molar-refractivity contribution < 1.29 is 9.90 Å². The van der Waals surface area contributed by atoms with Gasteiger partial charge in [-0.05, 0) is 30.2 Å². The molecule has 0 amide bonds. The van der Waals surface area contributed by atoms with Crippen LogP contribution in [0.4, 0.5) is 0 Å². The molecule has 2 N–H and O–H groups in total. The molecule has 5 nitrogen and oxygen atoms in total. The minimum Gasteiger partial charge on any atom is -0.477 e. The monoisotopic (exact) mass is 258 g/mol. The standard InChI is InChI=1S/C14H14N2O3/c1-2-3-12-10(9-4-6-15-7-5-9)8-11(14(18)19)13(17)16-12/h4-8H,2-3H2,1H3,(H,16,17)(H,18,19). The fraction of sp³-hybridized carbons (Fsp3) is 0.214. The second-order valence-corrected chi connectivity index (χ2v) is 4.20. The van der Waals surface area contributed by atoms with E-state index in [9.17, 15) is 9.59 Å². The first-order chi connectivity index (χ1) is 9.13. The van der Waals surface area contributed by atoms with Gasteiger partial charge in [0.05, 0.1) is 0 Å². The Kier molecular flexibility index (Phi) is 3.75. The highest BCUT2D eigenvalue weighted by atomic mass is 16.4. The lowest BCUT2D eigenvalue weighted by Crippen LogP contribution is -2.19. The van der Waals surface area contributed by atoms with Gasteiger partial charge in [0.1, 0.15) is 5.56 Å². The van der Waals surface area contributed by atoms with E-state index < -0.39 is 11.5 Å². The number of carbonyl (C=O) groups is 1. The summed E-state index contributed by atoms with van der Waals surface area (Å²) in [6.45, 7) is 2.00. The zero-order valence-corrected chi connectivity index (χ0v) is 10.5. The topological polar surface area (TPSA) is 83.0 Å². The number of hydrogen-bond acceptors (Lipinski definition) is 3. The molecule has 2 aromatic rings. The van der Waals surface area contributed by atoms with E-state index in [1.54, 1.807) is 24.5 Å². The summed E-state index contributed by atoms with van der Waals surface area (Å²) in [5.74, 6) is -1.22. The maximum atomic E-state index is 11.7. The molecular formula is C14H14N2O3. The van der Waals surface area contributed by atoms with E-state index in [0.717, 1.165) is 23.2 Å². The van der Waals surface area contributed by atoms with Crippen molar-refractivity contribution in [2.75, 3.05) is 0 Å². The van der Waals surface area contributed by atoms with Gasteiger partial charge in [0.25, 0.3) is 5.56 Å². The van der Waals surface area contributed by atoms with Gasteiger partial charge in [0, 0.05) is 23.7 Å². The van der Waals surface area contributed by atoms with E-state index in [2.05, 4.69) is 9.97 Å². The Morgan fingerprint density at radius 3 is 2.63 bits per heavy atom. The van der Waals surface area contributed by atoms with Gasteiger partial charge in [-0.15, -0.1) is 0 Å². The Morgan fingerprint density at radius 2 is 2.05 bits per heavy atom. The van der Waals surface area contributed by atoms with E-state index in [-0.39, 0.29) is 5.56 Å². The molecule has 0 atom stereocenters. The van der Waals surface area contributed by atoms with Gasteiger partial charge in [-0.1, -0.05) is 13.3 Å². The molecule has 2 aromatic heterocycles. The van der Waals surface area contributed by atoms with Crippen molar-refractivity contribution in [2.24, 2.45) is 0 Å². The lowest BCUT2D eigenvalue weighted by molar-refractivity contribution is 0.0695. The van der Waals surface area contributed by atoms with Gasteiger partial charge in [0.2, 0.25) is 0 Å². The van der Waals surface area contributed by atoms with Crippen LogP contribution >= 0.6 is 0 Å². The number of H-pyrrole nitrogens is 1. The molecule has 0 unspecified atom stereocenters. The molecule has 2 rings (SSSR count). The smallest absolute Gasteiger partial charge is 0.341 e. The van der Waals surface area contributed by atoms with Gasteiger partial charge in [-0.2, -0.15) is 0 Å². The number of nitrogens with zero attached hydrogens (tertiary/aromatic N) is 1. The summed E-state index contributed by atoms with van der Waals surface area (Å²) in [6, 6.07) is 5.01. The van der Waals surface area contributed by atoms with Crippen LogP contribution in [0.5, 0.6) is 0 Å². The molecule has 0 spiro atoms. The first-order valence-corrected chi connectivity index (χ1v) is 6.03. The number of hydrogen-bond donors (Lipinski definition) is 2.